The first-order valence-electron chi connectivity index (χ1n) is 18.2. The Morgan fingerprint density at radius 1 is 1.12 bits per heavy atom. The molecule has 1 aliphatic heterocycles. The highest BCUT2D eigenvalue weighted by Gasteiger charge is 2.38. The highest BCUT2D eigenvalue weighted by molar-refractivity contribution is 7.09. The molecular formula is C38H57FN4O6S. The monoisotopic (exact) mass is 716 g/mol. The zero-order valence-corrected chi connectivity index (χ0v) is 31.4. The van der Waals surface area contributed by atoms with Crippen molar-refractivity contribution in [1.29, 1.82) is 0 Å². The summed E-state index contributed by atoms with van der Waals surface area (Å²) in [5.74, 6) is -2.23. The standard InChI is InChI=1S/C38H57FN4O6S/c1-7-18-43(38(49)29(25(5)8-2)21-33(44)31-11-9-10-19-42(31)6)32(24(3)4)22-34(45)37-41-30(23-50-37)36(48)40-28(16-17-35(46)47)20-26-12-14-27(39)15-13-26/h12-15,23-25,28-29,31-32,34,45H,7-11,16-22H2,1-6H3,(H,40,48)(H,46,47)/t25-,28+,29?,31+,32+,34+/m0/s1. The molecule has 0 aliphatic carbocycles. The zero-order chi connectivity index (χ0) is 37.0. The molecule has 2 amide bonds. The number of aliphatic hydroxyl groups is 1. The van der Waals surface area contributed by atoms with E-state index in [0.29, 0.717) is 18.0 Å². The number of halogens is 1. The number of piperidine rings is 1. The Labute approximate surface area is 300 Å². The largest absolute Gasteiger partial charge is 0.481 e. The molecule has 1 aliphatic rings. The number of ketones is 1. The lowest BCUT2D eigenvalue weighted by Crippen LogP contribution is -2.50. The van der Waals surface area contributed by atoms with Crippen LogP contribution in [0.5, 0.6) is 0 Å². The number of rotatable bonds is 20. The number of carbonyl (C=O) groups is 4. The molecule has 10 nitrogen and oxygen atoms in total. The smallest absolute Gasteiger partial charge is 0.303 e. The van der Waals surface area contributed by atoms with Crippen molar-refractivity contribution in [3.63, 3.8) is 0 Å². The normalized spacial score (nSPS) is 18.2. The Kier molecular flexibility index (Phi) is 16.5. The molecule has 0 bridgehead atoms. The van der Waals surface area contributed by atoms with Crippen LogP contribution < -0.4 is 5.32 Å². The number of nitrogens with zero attached hydrogens (tertiary/aromatic N) is 3. The van der Waals surface area contributed by atoms with E-state index in [1.165, 1.54) is 12.1 Å². The molecule has 1 fully saturated rings. The molecule has 3 rings (SSSR count). The maximum atomic E-state index is 14.4. The number of carboxylic acids is 1. The van der Waals surface area contributed by atoms with Gasteiger partial charge in [0.25, 0.3) is 5.91 Å². The van der Waals surface area contributed by atoms with E-state index in [1.807, 2.05) is 46.6 Å². The van der Waals surface area contributed by atoms with Crippen molar-refractivity contribution in [3.05, 3.63) is 51.7 Å². The number of aliphatic carboxylic acids is 1. The molecule has 2 heterocycles. The van der Waals surface area contributed by atoms with E-state index in [4.69, 9.17) is 0 Å². The molecule has 50 heavy (non-hydrogen) atoms. The first-order chi connectivity index (χ1) is 23.7. The summed E-state index contributed by atoms with van der Waals surface area (Å²) in [6, 6.07) is 4.83. The molecule has 12 heteroatoms. The summed E-state index contributed by atoms with van der Waals surface area (Å²) in [6.07, 6.45) is 4.12. The third-order valence-corrected chi connectivity index (χ3v) is 11.0. The molecular weight excluding hydrogens is 660 g/mol. The molecule has 0 spiro atoms. The van der Waals surface area contributed by atoms with E-state index in [9.17, 15) is 33.8 Å². The van der Waals surface area contributed by atoms with Crippen LogP contribution in [0.2, 0.25) is 0 Å². The number of likely N-dealkylation sites (N-methyl/N-ethyl adjacent to an activating group) is 1. The summed E-state index contributed by atoms with van der Waals surface area (Å²) in [7, 11) is 1.99. The van der Waals surface area contributed by atoms with Gasteiger partial charge in [0, 0.05) is 49.2 Å². The summed E-state index contributed by atoms with van der Waals surface area (Å²) in [5, 5.41) is 25.4. The van der Waals surface area contributed by atoms with Crippen molar-refractivity contribution in [2.24, 2.45) is 17.8 Å². The minimum Gasteiger partial charge on any atom is -0.481 e. The first kappa shape index (κ1) is 41.2. The maximum absolute atomic E-state index is 14.4. The van der Waals surface area contributed by atoms with E-state index in [1.54, 1.807) is 17.5 Å². The maximum Gasteiger partial charge on any atom is 0.303 e. The molecule has 1 aromatic carbocycles. The predicted molar refractivity (Wildman–Crippen MR) is 193 cm³/mol. The second-order valence-corrected chi connectivity index (χ2v) is 15.1. The lowest BCUT2D eigenvalue weighted by molar-refractivity contribution is -0.144. The molecule has 1 unspecified atom stereocenters. The van der Waals surface area contributed by atoms with E-state index in [-0.39, 0.29) is 72.8 Å². The van der Waals surface area contributed by atoms with Crippen LogP contribution in [0.25, 0.3) is 0 Å². The molecule has 1 aromatic heterocycles. The number of thiazole rings is 1. The summed E-state index contributed by atoms with van der Waals surface area (Å²) in [4.78, 5) is 60.9. The lowest BCUT2D eigenvalue weighted by atomic mass is 9.82. The molecule has 6 atom stereocenters. The summed E-state index contributed by atoms with van der Waals surface area (Å²) >= 11 is 1.15. The van der Waals surface area contributed by atoms with Gasteiger partial charge < -0.3 is 20.4 Å². The molecule has 278 valence electrons. The third-order valence-electron chi connectivity index (χ3n) is 10.1. The van der Waals surface area contributed by atoms with Crippen LogP contribution >= 0.6 is 11.3 Å². The number of aromatic nitrogens is 1. The van der Waals surface area contributed by atoms with Crippen LogP contribution in [-0.4, -0.2) is 86.8 Å². The van der Waals surface area contributed by atoms with Crippen LogP contribution in [0.3, 0.4) is 0 Å². The Morgan fingerprint density at radius 3 is 2.42 bits per heavy atom. The fourth-order valence-electron chi connectivity index (χ4n) is 6.87. The van der Waals surface area contributed by atoms with Crippen molar-refractivity contribution >= 4 is 34.9 Å². The number of aliphatic hydroxyl groups excluding tert-OH is 1. The Hall–Kier alpha value is -3.22. The number of Topliss-reactive ketones (excluding diaryl/α,β-unsaturated/α-hetero) is 1. The fourth-order valence-corrected chi connectivity index (χ4v) is 7.66. The van der Waals surface area contributed by atoms with Crippen LogP contribution in [0.4, 0.5) is 4.39 Å². The average Bonchev–Trinajstić information content (AvgIpc) is 3.59. The second-order valence-electron chi connectivity index (χ2n) is 14.3. The van der Waals surface area contributed by atoms with Crippen LogP contribution in [0.15, 0.2) is 29.6 Å². The fraction of sp³-hybridized carbons (Fsp3) is 0.658. The van der Waals surface area contributed by atoms with Gasteiger partial charge in [-0.15, -0.1) is 11.3 Å². The highest BCUT2D eigenvalue weighted by atomic mass is 32.1. The number of hydrogen-bond acceptors (Lipinski definition) is 8. The number of hydrogen-bond donors (Lipinski definition) is 3. The number of carboxylic acid groups (broad SMARTS) is 1. The van der Waals surface area contributed by atoms with E-state index in [0.717, 1.165) is 55.5 Å². The molecule has 1 saturated heterocycles. The van der Waals surface area contributed by atoms with Crippen LogP contribution in [0, 0.1) is 23.6 Å². The Bertz CT molecular complexity index is 1400. The van der Waals surface area contributed by atoms with Crippen LogP contribution in [0.1, 0.15) is 120 Å². The predicted octanol–water partition coefficient (Wildman–Crippen LogP) is 6.28. The highest BCUT2D eigenvalue weighted by Crippen LogP contribution is 2.32. The number of amides is 2. The minimum absolute atomic E-state index is 0.00194. The quantitative estimate of drug-likeness (QED) is 0.146. The molecule has 0 saturated carbocycles. The Balaban J connectivity index is 1.76. The van der Waals surface area contributed by atoms with Crippen molar-refractivity contribution in [2.45, 2.75) is 123 Å². The van der Waals surface area contributed by atoms with Crippen molar-refractivity contribution in [3.8, 4) is 0 Å². The van der Waals surface area contributed by atoms with Gasteiger partial charge in [0.05, 0.1) is 6.04 Å². The van der Waals surface area contributed by atoms with Gasteiger partial charge >= 0.3 is 5.97 Å². The topological polar surface area (TPSA) is 140 Å². The molecule has 0 radical (unpaired) electrons. The summed E-state index contributed by atoms with van der Waals surface area (Å²) < 4.78 is 13.4. The van der Waals surface area contributed by atoms with Gasteiger partial charge in [0.2, 0.25) is 5.91 Å². The number of carbonyl (C=O) groups excluding carboxylic acids is 3. The Morgan fingerprint density at radius 2 is 1.82 bits per heavy atom. The second kappa shape index (κ2) is 20.0. The lowest BCUT2D eigenvalue weighted by Gasteiger charge is -2.39. The SMILES string of the molecule is CCCN(C(=O)C(CC(=O)[C@H]1CCCCN1C)[C@@H](C)CC)[C@H](C[C@@H](O)c1nc(C(=O)N[C@H](CCC(=O)O)Cc2ccc(F)cc2)cs1)C(C)C. The third kappa shape index (κ3) is 11.9. The number of benzene rings is 1. The summed E-state index contributed by atoms with van der Waals surface area (Å²) in [6.45, 7) is 11.5. The average molecular weight is 717 g/mol. The molecule has 2 aromatic rings. The van der Waals surface area contributed by atoms with Gasteiger partial charge in [0.1, 0.15) is 22.6 Å². The minimum atomic E-state index is -1.04. The van der Waals surface area contributed by atoms with Crippen LogP contribution in [-0.2, 0) is 20.8 Å². The van der Waals surface area contributed by atoms with Gasteiger partial charge in [-0.1, -0.05) is 59.6 Å². The van der Waals surface area contributed by atoms with Crippen molar-refractivity contribution in [2.75, 3.05) is 20.1 Å². The summed E-state index contributed by atoms with van der Waals surface area (Å²) in [5.41, 5.74) is 0.859. The number of likely N-dealkylation sites (tertiary alicyclic amines) is 1. The van der Waals surface area contributed by atoms with Gasteiger partial charge in [0.15, 0.2) is 5.78 Å². The van der Waals surface area contributed by atoms with Gasteiger partial charge in [-0.3, -0.25) is 24.1 Å². The van der Waals surface area contributed by atoms with Crippen molar-refractivity contribution < 1.29 is 33.8 Å². The van der Waals surface area contributed by atoms with Gasteiger partial charge in [-0.2, -0.15) is 0 Å². The zero-order valence-electron chi connectivity index (χ0n) is 30.6. The first-order valence-corrected chi connectivity index (χ1v) is 19.1. The van der Waals surface area contributed by atoms with E-state index < -0.39 is 29.9 Å². The molecule has 3 N–H and O–H groups in total. The van der Waals surface area contributed by atoms with Gasteiger partial charge in [-0.05, 0) is 75.2 Å². The van der Waals surface area contributed by atoms with E-state index in [2.05, 4.69) is 15.2 Å². The van der Waals surface area contributed by atoms with Crippen molar-refractivity contribution in [1.82, 2.24) is 20.1 Å². The van der Waals surface area contributed by atoms with Gasteiger partial charge in [-0.25, -0.2) is 9.37 Å². The number of nitrogens with one attached hydrogen (secondary N) is 1. The van der Waals surface area contributed by atoms with E-state index >= 15 is 0 Å².